The molecule has 0 aromatic heterocycles. The molecule has 19 heavy (non-hydrogen) atoms. The fourth-order valence-electron chi connectivity index (χ4n) is 2.76. The van der Waals surface area contributed by atoms with Crippen molar-refractivity contribution in [1.29, 1.82) is 0 Å². The van der Waals surface area contributed by atoms with Crippen LogP contribution in [0.1, 0.15) is 34.1 Å². The molecule has 1 aliphatic heterocycles. The molecule has 0 N–H and O–H groups in total. The number of hydrogen-bond donors (Lipinski definition) is 0. The molecule has 0 amide bonds. The van der Waals surface area contributed by atoms with Crippen LogP contribution in [0.4, 0.5) is 0 Å². The summed E-state index contributed by atoms with van der Waals surface area (Å²) in [6.45, 7) is 9.76. The zero-order chi connectivity index (χ0) is 13.5. The van der Waals surface area contributed by atoms with E-state index in [2.05, 4.69) is 32.3 Å². The van der Waals surface area contributed by atoms with Crippen molar-refractivity contribution in [3.63, 3.8) is 0 Å². The maximum atomic E-state index is 11.1. The van der Waals surface area contributed by atoms with Crippen molar-refractivity contribution >= 4 is 20.9 Å². The van der Waals surface area contributed by atoms with Crippen molar-refractivity contribution in [2.45, 2.75) is 40.2 Å². The molecule has 0 bridgehead atoms. The second kappa shape index (κ2) is 5.91. The lowest BCUT2D eigenvalue weighted by atomic mass is 9.78. The van der Waals surface area contributed by atoms with Crippen LogP contribution in [0.15, 0.2) is 23.8 Å². The topological polar surface area (TPSA) is 37.1 Å². The molecular formula is C14H20INO2S. The highest BCUT2D eigenvalue weighted by Crippen LogP contribution is 2.40. The van der Waals surface area contributed by atoms with Crippen LogP contribution in [0.5, 0.6) is 0 Å². The summed E-state index contributed by atoms with van der Waals surface area (Å²) in [4.78, 5) is 0.382. The van der Waals surface area contributed by atoms with Gasteiger partial charge < -0.3 is 24.0 Å². The minimum atomic E-state index is -2.15. The third kappa shape index (κ3) is 2.72. The Balaban J connectivity index is 0.00000180. The second-order valence-corrected chi connectivity index (χ2v) is 6.45. The van der Waals surface area contributed by atoms with E-state index in [4.69, 9.17) is 0 Å². The molecule has 0 aromatic rings. The van der Waals surface area contributed by atoms with E-state index in [0.29, 0.717) is 10.9 Å². The summed E-state index contributed by atoms with van der Waals surface area (Å²) in [5.41, 5.74) is 2.31. The number of fused-ring (bicyclic) bond motifs is 1. The molecule has 0 aromatic carbocycles. The monoisotopic (exact) mass is 393 g/mol. The van der Waals surface area contributed by atoms with Crippen molar-refractivity contribution in [3.05, 3.63) is 23.8 Å². The molecule has 5 heteroatoms. The summed E-state index contributed by atoms with van der Waals surface area (Å²) in [5, 5.41) is 0. The van der Waals surface area contributed by atoms with Crippen LogP contribution in [0, 0.1) is 5.41 Å². The molecule has 1 atom stereocenters. The van der Waals surface area contributed by atoms with E-state index in [-0.39, 0.29) is 29.4 Å². The smallest absolute Gasteiger partial charge is 0.221 e. The molecule has 2 aliphatic rings. The van der Waals surface area contributed by atoms with E-state index in [1.54, 1.807) is 6.08 Å². The van der Waals surface area contributed by atoms with E-state index >= 15 is 0 Å². The lowest BCUT2D eigenvalue weighted by Gasteiger charge is -2.22. The predicted molar refractivity (Wildman–Crippen MR) is 74.8 cm³/mol. The molecule has 0 fully saturated rings. The SMILES string of the molecule is CCC[N+]1=C2C=CC(=S(=O)=O)C=C2C(C)(C)C1C.[I-]. The fraction of sp³-hybridized carbons (Fsp3) is 0.571. The minimum Gasteiger partial charge on any atom is -1.00 e. The number of nitrogens with zero attached hydrogens (tertiary/aromatic N) is 1. The lowest BCUT2D eigenvalue weighted by Crippen LogP contribution is -3.00. The van der Waals surface area contributed by atoms with Crippen LogP contribution in [-0.4, -0.2) is 36.2 Å². The third-order valence-electron chi connectivity index (χ3n) is 4.14. The zero-order valence-corrected chi connectivity index (χ0v) is 14.7. The summed E-state index contributed by atoms with van der Waals surface area (Å²) < 4.78 is 24.6. The normalized spacial score (nSPS) is 23.9. The molecule has 0 spiro atoms. The van der Waals surface area contributed by atoms with Gasteiger partial charge in [0.15, 0.2) is 6.04 Å². The summed E-state index contributed by atoms with van der Waals surface area (Å²) in [6.07, 6.45) is 6.56. The van der Waals surface area contributed by atoms with Crippen LogP contribution in [0.3, 0.4) is 0 Å². The summed E-state index contributed by atoms with van der Waals surface area (Å²) in [6, 6.07) is 0.391. The Bertz CT molecular complexity index is 601. The van der Waals surface area contributed by atoms with Gasteiger partial charge in [-0.25, -0.2) is 4.58 Å². The molecule has 3 nitrogen and oxygen atoms in total. The highest BCUT2D eigenvalue weighted by Gasteiger charge is 2.48. The lowest BCUT2D eigenvalue weighted by molar-refractivity contribution is -0.565. The molecular weight excluding hydrogens is 373 g/mol. The van der Waals surface area contributed by atoms with Gasteiger partial charge in [0.25, 0.3) is 0 Å². The third-order valence-corrected chi connectivity index (χ3v) is 4.78. The van der Waals surface area contributed by atoms with Crippen LogP contribution in [-0.2, 0) is 10.3 Å². The Morgan fingerprint density at radius 2 is 1.95 bits per heavy atom. The van der Waals surface area contributed by atoms with Crippen molar-refractivity contribution in [1.82, 2.24) is 0 Å². The van der Waals surface area contributed by atoms with Gasteiger partial charge in [-0.05, 0) is 32.9 Å². The molecule has 2 rings (SSSR count). The molecule has 0 saturated heterocycles. The van der Waals surface area contributed by atoms with Crippen LogP contribution in [0.25, 0.3) is 0 Å². The Morgan fingerprint density at radius 1 is 1.32 bits per heavy atom. The van der Waals surface area contributed by atoms with E-state index in [1.165, 1.54) is 5.71 Å². The van der Waals surface area contributed by atoms with Crippen LogP contribution in [0.2, 0.25) is 0 Å². The van der Waals surface area contributed by atoms with E-state index < -0.39 is 10.3 Å². The Labute approximate surface area is 133 Å². The van der Waals surface area contributed by atoms with Crippen LogP contribution >= 0.6 is 0 Å². The number of allylic oxidation sites excluding steroid dienone is 3. The van der Waals surface area contributed by atoms with Gasteiger partial charge in [0.1, 0.15) is 6.54 Å². The maximum Gasteiger partial charge on any atom is 0.221 e. The van der Waals surface area contributed by atoms with Crippen molar-refractivity contribution in [2.24, 2.45) is 5.41 Å². The molecule has 1 heterocycles. The largest absolute Gasteiger partial charge is 1.00 e. The van der Waals surface area contributed by atoms with E-state index in [0.717, 1.165) is 18.5 Å². The first kappa shape index (κ1) is 16.6. The van der Waals surface area contributed by atoms with Gasteiger partial charge in [-0.2, -0.15) is 8.42 Å². The van der Waals surface area contributed by atoms with Gasteiger partial charge in [0.05, 0.1) is 10.3 Å². The van der Waals surface area contributed by atoms with Gasteiger partial charge in [0.2, 0.25) is 16.0 Å². The molecule has 0 radical (unpaired) electrons. The van der Waals surface area contributed by atoms with E-state index in [1.807, 2.05) is 12.2 Å². The molecule has 1 aliphatic carbocycles. The maximum absolute atomic E-state index is 11.1. The standard InChI is InChI=1S/C14H20NO2S.HI/c1-5-8-15-10(2)14(3,4)12-9-11(18(16)17)6-7-13(12)15;/h6-7,9-10H,5,8H2,1-4H3;1H/q+1;/p-1. The second-order valence-electron chi connectivity index (χ2n) is 5.50. The summed E-state index contributed by atoms with van der Waals surface area (Å²) in [5.74, 6) is 0. The first-order chi connectivity index (χ1) is 8.39. The van der Waals surface area contributed by atoms with Gasteiger partial charge in [-0.3, -0.25) is 0 Å². The number of hydrogen-bond acceptors (Lipinski definition) is 2. The Hall–Kier alpha value is -0.430. The molecule has 1 unspecified atom stereocenters. The van der Waals surface area contributed by atoms with E-state index in [9.17, 15) is 8.42 Å². The highest BCUT2D eigenvalue weighted by molar-refractivity contribution is 7.73. The summed E-state index contributed by atoms with van der Waals surface area (Å²) >= 11 is 0. The van der Waals surface area contributed by atoms with Crippen molar-refractivity contribution < 1.29 is 37.0 Å². The average molecular weight is 393 g/mol. The first-order valence-corrected chi connectivity index (χ1v) is 7.47. The Kier molecular flexibility index (Phi) is 5.17. The van der Waals surface area contributed by atoms with Crippen LogP contribution < -0.4 is 24.0 Å². The molecule has 106 valence electrons. The van der Waals surface area contributed by atoms with Gasteiger partial charge in [-0.15, -0.1) is 0 Å². The molecule has 0 saturated carbocycles. The van der Waals surface area contributed by atoms with Gasteiger partial charge in [-0.1, -0.05) is 6.92 Å². The van der Waals surface area contributed by atoms with Gasteiger partial charge in [0, 0.05) is 18.1 Å². The predicted octanol–water partition coefficient (Wildman–Crippen LogP) is -1.17. The zero-order valence-electron chi connectivity index (χ0n) is 11.8. The average Bonchev–Trinajstić information content (AvgIpc) is 2.51. The highest BCUT2D eigenvalue weighted by atomic mass is 127. The minimum absolute atomic E-state index is 0. The fourth-order valence-corrected chi connectivity index (χ4v) is 3.16. The number of rotatable bonds is 2. The van der Waals surface area contributed by atoms with Gasteiger partial charge >= 0.3 is 0 Å². The number of halogens is 1. The van der Waals surface area contributed by atoms with Crippen molar-refractivity contribution in [2.75, 3.05) is 6.54 Å². The quantitative estimate of drug-likeness (QED) is 0.337. The first-order valence-electron chi connectivity index (χ1n) is 6.40. The van der Waals surface area contributed by atoms with Crippen molar-refractivity contribution in [3.8, 4) is 0 Å². The summed E-state index contributed by atoms with van der Waals surface area (Å²) in [7, 11) is -2.15. The Morgan fingerprint density at radius 3 is 2.47 bits per heavy atom.